The zero-order valence-electron chi connectivity index (χ0n) is 14.2. The first-order valence-electron chi connectivity index (χ1n) is 8.62. The Morgan fingerprint density at radius 2 is 1.64 bits per heavy atom. The molecule has 2 aromatic rings. The third kappa shape index (κ3) is 4.93. The summed E-state index contributed by atoms with van der Waals surface area (Å²) in [6, 6.07) is 16.8. The predicted molar refractivity (Wildman–Crippen MR) is 98.3 cm³/mol. The van der Waals surface area contributed by atoms with E-state index in [1.165, 1.54) is 17.8 Å². The number of rotatable bonds is 7. The molecular weight excluding hydrogens is 318 g/mol. The molecule has 6 heteroatoms. The van der Waals surface area contributed by atoms with Gasteiger partial charge in [0.05, 0.1) is 11.5 Å². The van der Waals surface area contributed by atoms with Crippen LogP contribution in [-0.4, -0.2) is 49.2 Å². The average molecular weight is 341 g/mol. The van der Waals surface area contributed by atoms with Gasteiger partial charge in [0.25, 0.3) is 5.69 Å². The molecule has 0 radical (unpaired) electrons. The molecule has 0 spiro atoms. The van der Waals surface area contributed by atoms with E-state index in [0.717, 1.165) is 39.1 Å². The predicted octanol–water partition coefficient (Wildman–Crippen LogP) is 3.19. The topological polar surface area (TPSA) is 58.9 Å². The van der Waals surface area contributed by atoms with Gasteiger partial charge >= 0.3 is 0 Å². The van der Waals surface area contributed by atoms with Gasteiger partial charge in [0, 0.05) is 50.5 Å². The van der Waals surface area contributed by atoms with E-state index >= 15 is 0 Å². The lowest BCUT2D eigenvalue weighted by Gasteiger charge is -2.36. The monoisotopic (exact) mass is 341 g/mol. The molecule has 0 bridgehead atoms. The Kier molecular flexibility index (Phi) is 5.85. The number of nitrogens with zero attached hydrogens (tertiary/aromatic N) is 3. The Morgan fingerprint density at radius 1 is 0.960 bits per heavy atom. The van der Waals surface area contributed by atoms with E-state index < -0.39 is 4.92 Å². The normalized spacial score (nSPS) is 15.1. The quantitative estimate of drug-likeness (QED) is 0.440. The number of nitro groups is 1. The zero-order chi connectivity index (χ0) is 17.5. The van der Waals surface area contributed by atoms with Crippen molar-refractivity contribution in [2.45, 2.75) is 6.42 Å². The van der Waals surface area contributed by atoms with Gasteiger partial charge in [-0.2, -0.15) is 0 Å². The maximum atomic E-state index is 10.6. The molecule has 1 aliphatic rings. The Bertz CT molecular complexity index is 668. The van der Waals surface area contributed by atoms with Crippen LogP contribution in [0.5, 0.6) is 5.75 Å². The summed E-state index contributed by atoms with van der Waals surface area (Å²) in [5, 5.41) is 10.6. The second kappa shape index (κ2) is 8.48. The number of hydrogen-bond donors (Lipinski definition) is 0. The van der Waals surface area contributed by atoms with Crippen LogP contribution in [0.25, 0.3) is 0 Å². The summed E-state index contributed by atoms with van der Waals surface area (Å²) in [6.07, 6.45) is 0.947. The van der Waals surface area contributed by atoms with Crippen LogP contribution in [-0.2, 0) is 0 Å². The summed E-state index contributed by atoms with van der Waals surface area (Å²) < 4.78 is 5.66. The summed E-state index contributed by atoms with van der Waals surface area (Å²) in [5.41, 5.74) is 1.38. The van der Waals surface area contributed by atoms with Crippen molar-refractivity contribution in [1.82, 2.24) is 4.90 Å². The highest BCUT2D eigenvalue weighted by atomic mass is 16.6. The van der Waals surface area contributed by atoms with Crippen molar-refractivity contribution in [3.8, 4) is 5.75 Å². The number of benzene rings is 2. The third-order valence-corrected chi connectivity index (χ3v) is 4.43. The summed E-state index contributed by atoms with van der Waals surface area (Å²) in [4.78, 5) is 15.1. The molecule has 2 aromatic carbocycles. The lowest BCUT2D eigenvalue weighted by atomic mass is 10.2. The van der Waals surface area contributed by atoms with Gasteiger partial charge in [-0.1, -0.05) is 18.2 Å². The maximum absolute atomic E-state index is 10.6. The van der Waals surface area contributed by atoms with Crippen LogP contribution in [0.2, 0.25) is 0 Å². The molecule has 0 saturated carbocycles. The van der Waals surface area contributed by atoms with E-state index in [4.69, 9.17) is 4.74 Å². The molecule has 1 fully saturated rings. The number of hydrogen-bond acceptors (Lipinski definition) is 5. The number of para-hydroxylation sites is 1. The number of non-ortho nitro benzene ring substituents is 1. The second-order valence-electron chi connectivity index (χ2n) is 6.12. The molecule has 0 aliphatic carbocycles. The van der Waals surface area contributed by atoms with Gasteiger partial charge in [-0.15, -0.1) is 0 Å². The number of ether oxygens (including phenoxy) is 1. The highest BCUT2D eigenvalue weighted by Gasteiger charge is 2.16. The van der Waals surface area contributed by atoms with Gasteiger partial charge in [-0.05, 0) is 30.7 Å². The average Bonchev–Trinajstić information content (AvgIpc) is 2.67. The molecule has 3 rings (SSSR count). The van der Waals surface area contributed by atoms with Crippen molar-refractivity contribution in [2.75, 3.05) is 44.2 Å². The van der Waals surface area contributed by atoms with Crippen LogP contribution >= 0.6 is 0 Å². The Hall–Kier alpha value is -2.60. The lowest BCUT2D eigenvalue weighted by molar-refractivity contribution is -0.384. The molecule has 0 N–H and O–H groups in total. The molecule has 0 aromatic heterocycles. The molecule has 1 saturated heterocycles. The summed E-state index contributed by atoms with van der Waals surface area (Å²) in [5.74, 6) is 0.680. The molecule has 0 amide bonds. The number of piperazine rings is 1. The molecule has 25 heavy (non-hydrogen) atoms. The third-order valence-electron chi connectivity index (χ3n) is 4.43. The van der Waals surface area contributed by atoms with Crippen LogP contribution in [0.1, 0.15) is 6.42 Å². The van der Waals surface area contributed by atoms with E-state index in [1.807, 2.05) is 6.07 Å². The van der Waals surface area contributed by atoms with Crippen LogP contribution in [0, 0.1) is 10.1 Å². The fraction of sp³-hybridized carbons (Fsp3) is 0.368. The van der Waals surface area contributed by atoms with Crippen molar-refractivity contribution in [3.05, 3.63) is 64.7 Å². The highest BCUT2D eigenvalue weighted by Crippen LogP contribution is 2.18. The SMILES string of the molecule is O=[N+]([O-])c1ccc(OCCCN2CCN(c3ccccc3)CC2)cc1. The molecule has 6 nitrogen and oxygen atoms in total. The molecule has 1 aliphatic heterocycles. The van der Waals surface area contributed by atoms with E-state index in [2.05, 4.69) is 34.1 Å². The highest BCUT2D eigenvalue weighted by molar-refractivity contribution is 5.46. The largest absolute Gasteiger partial charge is 0.494 e. The maximum Gasteiger partial charge on any atom is 0.269 e. The first-order valence-corrected chi connectivity index (χ1v) is 8.62. The van der Waals surface area contributed by atoms with Crippen molar-refractivity contribution in [2.24, 2.45) is 0 Å². The first kappa shape index (κ1) is 17.2. The first-order chi connectivity index (χ1) is 12.2. The van der Waals surface area contributed by atoms with Gasteiger partial charge < -0.3 is 9.64 Å². The second-order valence-corrected chi connectivity index (χ2v) is 6.12. The molecule has 0 unspecified atom stereocenters. The van der Waals surface area contributed by atoms with Crippen molar-refractivity contribution < 1.29 is 9.66 Å². The number of anilines is 1. The molecule has 132 valence electrons. The van der Waals surface area contributed by atoms with E-state index in [1.54, 1.807) is 12.1 Å². The fourth-order valence-electron chi connectivity index (χ4n) is 3.01. The molecule has 1 heterocycles. The Morgan fingerprint density at radius 3 is 2.28 bits per heavy atom. The zero-order valence-corrected chi connectivity index (χ0v) is 14.2. The van der Waals surface area contributed by atoms with Gasteiger partial charge in [0.15, 0.2) is 0 Å². The minimum Gasteiger partial charge on any atom is -0.494 e. The van der Waals surface area contributed by atoms with E-state index in [-0.39, 0.29) is 5.69 Å². The van der Waals surface area contributed by atoms with Crippen molar-refractivity contribution in [3.63, 3.8) is 0 Å². The van der Waals surface area contributed by atoms with Gasteiger partial charge in [0.1, 0.15) is 5.75 Å². The van der Waals surface area contributed by atoms with E-state index in [0.29, 0.717) is 12.4 Å². The van der Waals surface area contributed by atoms with Gasteiger partial charge in [0.2, 0.25) is 0 Å². The Balaban J connectivity index is 1.34. The standard InChI is InChI=1S/C19H23N3O3/c23-22(24)18-7-9-19(10-8-18)25-16-4-11-20-12-14-21(15-13-20)17-5-2-1-3-6-17/h1-3,5-10H,4,11-16H2. The lowest BCUT2D eigenvalue weighted by Crippen LogP contribution is -2.46. The minimum atomic E-state index is -0.404. The van der Waals surface area contributed by atoms with Crippen LogP contribution < -0.4 is 9.64 Å². The van der Waals surface area contributed by atoms with Crippen molar-refractivity contribution >= 4 is 11.4 Å². The van der Waals surface area contributed by atoms with Crippen LogP contribution in [0.15, 0.2) is 54.6 Å². The minimum absolute atomic E-state index is 0.0867. The summed E-state index contributed by atoms with van der Waals surface area (Å²) in [6.45, 7) is 5.85. The smallest absolute Gasteiger partial charge is 0.269 e. The van der Waals surface area contributed by atoms with Gasteiger partial charge in [-0.25, -0.2) is 0 Å². The van der Waals surface area contributed by atoms with Gasteiger partial charge in [-0.3, -0.25) is 15.0 Å². The van der Waals surface area contributed by atoms with Crippen LogP contribution in [0.4, 0.5) is 11.4 Å². The molecule has 0 atom stereocenters. The Labute approximate surface area is 147 Å². The van der Waals surface area contributed by atoms with E-state index in [9.17, 15) is 10.1 Å². The summed E-state index contributed by atoms with van der Waals surface area (Å²) in [7, 11) is 0. The van der Waals surface area contributed by atoms with Crippen LogP contribution in [0.3, 0.4) is 0 Å². The fourth-order valence-corrected chi connectivity index (χ4v) is 3.01. The molecular formula is C19H23N3O3. The number of nitro benzene ring substituents is 1. The summed E-state index contributed by atoms with van der Waals surface area (Å²) >= 11 is 0. The van der Waals surface area contributed by atoms with Crippen molar-refractivity contribution in [1.29, 1.82) is 0 Å².